The second-order valence-corrected chi connectivity index (χ2v) is 5.15. The first-order valence-corrected chi connectivity index (χ1v) is 6.86. The smallest absolute Gasteiger partial charge is 0.280 e. The maximum Gasteiger partial charge on any atom is 0.280 e. The van der Waals surface area contributed by atoms with Crippen LogP contribution in [0.15, 0.2) is 33.4 Å². The number of halogens is 2. The second kappa shape index (κ2) is 5.70. The molecule has 0 aliphatic rings. The maximum absolute atomic E-state index is 13.4. The van der Waals surface area contributed by atoms with Crippen LogP contribution in [-0.2, 0) is 6.54 Å². The third kappa shape index (κ3) is 2.98. The Morgan fingerprint density at radius 1 is 1.33 bits per heavy atom. The van der Waals surface area contributed by atoms with Gasteiger partial charge in [-0.05, 0) is 18.2 Å². The fourth-order valence-electron chi connectivity index (χ4n) is 1.77. The normalized spacial score (nSPS) is 11.0. The van der Waals surface area contributed by atoms with Gasteiger partial charge in [0.05, 0.1) is 12.7 Å². The van der Waals surface area contributed by atoms with Crippen LogP contribution in [0.25, 0.3) is 23.0 Å². The summed E-state index contributed by atoms with van der Waals surface area (Å²) in [6.45, 7) is 1.00. The van der Waals surface area contributed by atoms with Crippen LogP contribution in [0.3, 0.4) is 0 Å². The fourth-order valence-corrected chi connectivity index (χ4v) is 2.23. The molecular weight excluding hydrogens is 343 g/mol. The van der Waals surface area contributed by atoms with Crippen LogP contribution in [0.1, 0.15) is 0 Å². The van der Waals surface area contributed by atoms with Crippen LogP contribution in [0.5, 0.6) is 0 Å². The number of nitrogens with zero attached hydrogens (tertiary/aromatic N) is 5. The van der Waals surface area contributed by atoms with Crippen molar-refractivity contribution in [3.05, 3.63) is 34.7 Å². The first-order valence-electron chi connectivity index (χ1n) is 6.06. The van der Waals surface area contributed by atoms with Crippen molar-refractivity contribution in [2.24, 2.45) is 5.73 Å². The van der Waals surface area contributed by atoms with Crippen LogP contribution in [0.4, 0.5) is 4.39 Å². The molecule has 0 radical (unpaired) electrons. The Hall–Kier alpha value is -2.13. The maximum atomic E-state index is 13.4. The van der Waals surface area contributed by atoms with Gasteiger partial charge in [0.15, 0.2) is 5.69 Å². The Labute approximate surface area is 127 Å². The second-order valence-electron chi connectivity index (χ2n) is 4.24. The quantitative estimate of drug-likeness (QED) is 0.769. The van der Waals surface area contributed by atoms with E-state index >= 15 is 0 Å². The van der Waals surface area contributed by atoms with Crippen molar-refractivity contribution < 1.29 is 8.91 Å². The highest BCUT2D eigenvalue weighted by Gasteiger charge is 2.14. The molecule has 0 amide bonds. The topological polar surface area (TPSA) is 95.7 Å². The van der Waals surface area contributed by atoms with Crippen molar-refractivity contribution in [2.45, 2.75) is 6.54 Å². The number of rotatable bonds is 4. The Bertz CT molecular complexity index is 750. The van der Waals surface area contributed by atoms with Gasteiger partial charge >= 0.3 is 0 Å². The SMILES string of the molecule is NCCn1cc(-c2nc(-c3cc(F)cc(Br)c3)no2)nn1. The first-order chi connectivity index (χ1) is 10.2. The van der Waals surface area contributed by atoms with E-state index in [1.54, 1.807) is 16.9 Å². The molecule has 7 nitrogen and oxygen atoms in total. The van der Waals surface area contributed by atoms with E-state index in [9.17, 15) is 4.39 Å². The van der Waals surface area contributed by atoms with Gasteiger partial charge in [0, 0.05) is 16.6 Å². The van der Waals surface area contributed by atoms with Gasteiger partial charge in [0.25, 0.3) is 5.89 Å². The lowest BCUT2D eigenvalue weighted by atomic mass is 10.2. The Kier molecular flexibility index (Phi) is 3.76. The largest absolute Gasteiger partial charge is 0.332 e. The van der Waals surface area contributed by atoms with E-state index in [2.05, 4.69) is 36.4 Å². The van der Waals surface area contributed by atoms with E-state index in [4.69, 9.17) is 10.3 Å². The van der Waals surface area contributed by atoms with Crippen LogP contribution < -0.4 is 5.73 Å². The molecule has 2 aromatic heterocycles. The summed E-state index contributed by atoms with van der Waals surface area (Å²) >= 11 is 3.22. The van der Waals surface area contributed by atoms with E-state index in [-0.39, 0.29) is 17.5 Å². The van der Waals surface area contributed by atoms with Crippen molar-refractivity contribution in [1.29, 1.82) is 0 Å². The van der Waals surface area contributed by atoms with Gasteiger partial charge in [-0.1, -0.05) is 26.3 Å². The number of aromatic nitrogens is 5. The number of hydrogen-bond acceptors (Lipinski definition) is 6. The molecule has 0 fully saturated rings. The lowest BCUT2D eigenvalue weighted by molar-refractivity contribution is 0.431. The molecule has 0 saturated carbocycles. The molecule has 0 aliphatic heterocycles. The van der Waals surface area contributed by atoms with E-state index in [1.807, 2.05) is 0 Å². The summed E-state index contributed by atoms with van der Waals surface area (Å²) in [6, 6.07) is 4.37. The molecule has 0 atom stereocenters. The Morgan fingerprint density at radius 2 is 2.19 bits per heavy atom. The van der Waals surface area contributed by atoms with Gasteiger partial charge < -0.3 is 10.3 Å². The molecule has 9 heteroatoms. The highest BCUT2D eigenvalue weighted by Crippen LogP contribution is 2.24. The van der Waals surface area contributed by atoms with Gasteiger partial charge in [0.1, 0.15) is 5.82 Å². The molecule has 0 bridgehead atoms. The summed E-state index contributed by atoms with van der Waals surface area (Å²) in [4.78, 5) is 4.19. The number of benzene rings is 1. The molecule has 108 valence electrons. The molecule has 3 aromatic rings. The minimum Gasteiger partial charge on any atom is -0.332 e. The van der Waals surface area contributed by atoms with E-state index in [0.29, 0.717) is 28.8 Å². The molecule has 2 N–H and O–H groups in total. The van der Waals surface area contributed by atoms with Crippen molar-refractivity contribution in [3.63, 3.8) is 0 Å². The summed E-state index contributed by atoms with van der Waals surface area (Å²) in [6.07, 6.45) is 1.66. The van der Waals surface area contributed by atoms with Gasteiger partial charge in [-0.2, -0.15) is 4.98 Å². The molecule has 3 rings (SSSR count). The third-order valence-electron chi connectivity index (χ3n) is 2.66. The summed E-state index contributed by atoms with van der Waals surface area (Å²) in [7, 11) is 0. The molecule has 21 heavy (non-hydrogen) atoms. The molecule has 0 saturated heterocycles. The number of nitrogens with two attached hydrogens (primary N) is 1. The van der Waals surface area contributed by atoms with E-state index < -0.39 is 0 Å². The Balaban J connectivity index is 1.91. The average molecular weight is 353 g/mol. The predicted molar refractivity (Wildman–Crippen MR) is 75.5 cm³/mol. The summed E-state index contributed by atoms with van der Waals surface area (Å²) in [5.74, 6) is 0.104. The first kappa shape index (κ1) is 13.8. The highest BCUT2D eigenvalue weighted by molar-refractivity contribution is 9.10. The van der Waals surface area contributed by atoms with Gasteiger partial charge in [-0.15, -0.1) is 5.10 Å². The van der Waals surface area contributed by atoms with Gasteiger partial charge in [0.2, 0.25) is 5.82 Å². The van der Waals surface area contributed by atoms with E-state index in [1.165, 1.54) is 12.1 Å². The zero-order valence-corrected chi connectivity index (χ0v) is 12.3. The molecule has 0 aliphatic carbocycles. The highest BCUT2D eigenvalue weighted by atomic mass is 79.9. The fraction of sp³-hybridized carbons (Fsp3) is 0.167. The minimum absolute atomic E-state index is 0.216. The molecular formula is C12H10BrFN6O. The van der Waals surface area contributed by atoms with Crippen LogP contribution in [0.2, 0.25) is 0 Å². The Morgan fingerprint density at radius 3 is 2.95 bits per heavy atom. The summed E-state index contributed by atoms with van der Waals surface area (Å²) < 4.78 is 20.7. The molecule has 0 unspecified atom stereocenters. The van der Waals surface area contributed by atoms with Crippen LogP contribution in [-0.4, -0.2) is 31.7 Å². The minimum atomic E-state index is -0.389. The summed E-state index contributed by atoms with van der Waals surface area (Å²) in [5, 5.41) is 11.6. The monoisotopic (exact) mass is 352 g/mol. The average Bonchev–Trinajstić information content (AvgIpc) is 3.06. The summed E-state index contributed by atoms with van der Waals surface area (Å²) in [5.41, 5.74) is 6.38. The van der Waals surface area contributed by atoms with Gasteiger partial charge in [-0.25, -0.2) is 4.39 Å². The zero-order valence-electron chi connectivity index (χ0n) is 10.7. The molecule has 1 aromatic carbocycles. The van der Waals surface area contributed by atoms with Crippen molar-refractivity contribution >= 4 is 15.9 Å². The predicted octanol–water partition coefficient (Wildman–Crippen LogP) is 1.86. The number of hydrogen-bond donors (Lipinski definition) is 1. The van der Waals surface area contributed by atoms with E-state index in [0.717, 1.165) is 0 Å². The molecule has 2 heterocycles. The third-order valence-corrected chi connectivity index (χ3v) is 3.12. The van der Waals surface area contributed by atoms with Crippen LogP contribution in [0, 0.1) is 5.82 Å². The zero-order chi connectivity index (χ0) is 14.8. The van der Waals surface area contributed by atoms with Crippen molar-refractivity contribution in [1.82, 2.24) is 25.1 Å². The van der Waals surface area contributed by atoms with Crippen molar-refractivity contribution in [3.8, 4) is 23.0 Å². The lowest BCUT2D eigenvalue weighted by Gasteiger charge is -1.96. The molecule has 0 spiro atoms. The van der Waals surface area contributed by atoms with Crippen LogP contribution >= 0.6 is 15.9 Å². The van der Waals surface area contributed by atoms with Gasteiger partial charge in [-0.3, -0.25) is 4.68 Å². The van der Waals surface area contributed by atoms with Crippen molar-refractivity contribution in [2.75, 3.05) is 6.54 Å². The standard InChI is InChI=1S/C12H10BrFN6O/c13-8-3-7(4-9(14)5-8)11-16-12(21-18-11)10-6-20(2-1-15)19-17-10/h3-6H,1-2,15H2. The lowest BCUT2D eigenvalue weighted by Crippen LogP contribution is -2.10.